The maximum absolute atomic E-state index is 11.8. The van der Waals surface area contributed by atoms with Crippen LogP contribution in [0.4, 0.5) is 8.78 Å². The Labute approximate surface area is 97.1 Å². The van der Waals surface area contributed by atoms with Gasteiger partial charge in [-0.2, -0.15) is 8.78 Å². The van der Waals surface area contributed by atoms with Crippen LogP contribution in [0.25, 0.3) is 0 Å². The molecule has 0 aliphatic heterocycles. The first-order valence-electron chi connectivity index (χ1n) is 3.10. The summed E-state index contributed by atoms with van der Waals surface area (Å²) in [5.41, 5.74) is 0. The first-order chi connectivity index (χ1) is 6.00. The fourth-order valence-corrected chi connectivity index (χ4v) is 2.30. The summed E-state index contributed by atoms with van der Waals surface area (Å²) in [6.07, 6.45) is 0. The van der Waals surface area contributed by atoms with E-state index in [4.69, 9.17) is 23.2 Å². The molecule has 72 valence electrons. The number of rotatable bonds is 2. The molecule has 0 radical (unpaired) electrons. The van der Waals surface area contributed by atoms with Crippen LogP contribution in [0.2, 0.25) is 10.0 Å². The standard InChI is InChI=1S/C7H3Cl2F2IO/c8-4-1-3(12)2-5(9)6(4)13-7(10)11/h1-2,7H. The van der Waals surface area contributed by atoms with Crippen molar-refractivity contribution < 1.29 is 13.5 Å². The van der Waals surface area contributed by atoms with Crippen molar-refractivity contribution >= 4 is 45.8 Å². The molecule has 0 aliphatic rings. The highest BCUT2D eigenvalue weighted by atomic mass is 127. The number of alkyl halides is 2. The van der Waals surface area contributed by atoms with Crippen molar-refractivity contribution in [3.63, 3.8) is 0 Å². The van der Waals surface area contributed by atoms with Crippen LogP contribution >= 0.6 is 45.8 Å². The zero-order chi connectivity index (χ0) is 10.0. The molecule has 0 saturated carbocycles. The second kappa shape index (κ2) is 4.61. The molecule has 0 aliphatic carbocycles. The van der Waals surface area contributed by atoms with Crippen molar-refractivity contribution in [2.75, 3.05) is 0 Å². The van der Waals surface area contributed by atoms with Crippen LogP contribution in [0.5, 0.6) is 5.75 Å². The second-order valence-electron chi connectivity index (χ2n) is 2.08. The van der Waals surface area contributed by atoms with Crippen molar-refractivity contribution in [1.29, 1.82) is 0 Å². The summed E-state index contributed by atoms with van der Waals surface area (Å²) in [5, 5.41) is 0.161. The van der Waals surface area contributed by atoms with Crippen LogP contribution < -0.4 is 4.74 Å². The molecule has 1 nitrogen and oxygen atoms in total. The maximum Gasteiger partial charge on any atom is 0.387 e. The lowest BCUT2D eigenvalue weighted by Gasteiger charge is -2.08. The van der Waals surface area contributed by atoms with E-state index in [0.29, 0.717) is 0 Å². The zero-order valence-electron chi connectivity index (χ0n) is 6.03. The number of hydrogen-bond donors (Lipinski definition) is 0. The van der Waals surface area contributed by atoms with Gasteiger partial charge in [0.15, 0.2) is 5.75 Å². The molecule has 0 saturated heterocycles. The molecule has 0 spiro atoms. The Morgan fingerprint density at radius 1 is 1.23 bits per heavy atom. The van der Waals surface area contributed by atoms with Crippen molar-refractivity contribution in [2.24, 2.45) is 0 Å². The average molecular weight is 339 g/mol. The summed E-state index contributed by atoms with van der Waals surface area (Å²) < 4.78 is 28.6. The van der Waals surface area contributed by atoms with Gasteiger partial charge in [0.2, 0.25) is 0 Å². The smallest absolute Gasteiger partial charge is 0.387 e. The van der Waals surface area contributed by atoms with Gasteiger partial charge in [0, 0.05) is 3.57 Å². The highest BCUT2D eigenvalue weighted by Gasteiger charge is 2.13. The van der Waals surface area contributed by atoms with E-state index in [0.717, 1.165) is 3.57 Å². The lowest BCUT2D eigenvalue weighted by Crippen LogP contribution is -2.03. The summed E-state index contributed by atoms with van der Waals surface area (Å²) in [6, 6.07) is 2.98. The lowest BCUT2D eigenvalue weighted by molar-refractivity contribution is -0.0497. The van der Waals surface area contributed by atoms with Gasteiger partial charge in [-0.1, -0.05) is 23.2 Å². The molecule has 0 heterocycles. The van der Waals surface area contributed by atoms with Gasteiger partial charge in [-0.05, 0) is 34.7 Å². The second-order valence-corrected chi connectivity index (χ2v) is 4.14. The van der Waals surface area contributed by atoms with Crippen molar-refractivity contribution in [3.05, 3.63) is 25.7 Å². The molecule has 1 rings (SSSR count). The van der Waals surface area contributed by atoms with Crippen LogP contribution in [-0.4, -0.2) is 6.61 Å². The molecule has 6 heteroatoms. The third-order valence-electron chi connectivity index (χ3n) is 1.17. The van der Waals surface area contributed by atoms with Crippen LogP contribution in [0, 0.1) is 3.57 Å². The Balaban J connectivity index is 3.06. The van der Waals surface area contributed by atoms with E-state index in [1.807, 2.05) is 22.6 Å². The van der Waals surface area contributed by atoms with E-state index in [1.165, 1.54) is 12.1 Å². The van der Waals surface area contributed by atoms with Crippen LogP contribution in [0.3, 0.4) is 0 Å². The van der Waals surface area contributed by atoms with E-state index in [9.17, 15) is 8.78 Å². The van der Waals surface area contributed by atoms with E-state index in [-0.39, 0.29) is 15.8 Å². The Morgan fingerprint density at radius 3 is 2.08 bits per heavy atom. The topological polar surface area (TPSA) is 9.23 Å². The fourth-order valence-electron chi connectivity index (χ4n) is 0.731. The Kier molecular flexibility index (Phi) is 4.00. The average Bonchev–Trinajstić information content (AvgIpc) is 1.96. The molecule has 0 bridgehead atoms. The van der Waals surface area contributed by atoms with Gasteiger partial charge < -0.3 is 4.74 Å². The minimum Gasteiger partial charge on any atom is -0.432 e. The number of hydrogen-bond acceptors (Lipinski definition) is 1. The summed E-state index contributed by atoms with van der Waals surface area (Å²) in [6.45, 7) is -2.92. The van der Waals surface area contributed by atoms with Gasteiger partial charge in [-0.15, -0.1) is 0 Å². The predicted octanol–water partition coefficient (Wildman–Crippen LogP) is 4.20. The summed E-state index contributed by atoms with van der Waals surface area (Å²) in [4.78, 5) is 0. The predicted molar refractivity (Wildman–Crippen MR) is 55.8 cm³/mol. The van der Waals surface area contributed by atoms with E-state index in [2.05, 4.69) is 4.74 Å². The van der Waals surface area contributed by atoms with Crippen LogP contribution in [-0.2, 0) is 0 Å². The van der Waals surface area contributed by atoms with Gasteiger partial charge in [0.25, 0.3) is 0 Å². The van der Waals surface area contributed by atoms with Gasteiger partial charge in [0.1, 0.15) is 0 Å². The third kappa shape index (κ3) is 3.11. The molecule has 1 aromatic carbocycles. The SMILES string of the molecule is FC(F)Oc1c(Cl)cc(I)cc1Cl. The minimum absolute atomic E-state index is 0.0807. The number of benzene rings is 1. The zero-order valence-corrected chi connectivity index (χ0v) is 9.70. The molecular formula is C7H3Cl2F2IO. The molecule has 0 fully saturated rings. The molecule has 0 N–H and O–H groups in total. The van der Waals surface area contributed by atoms with E-state index in [1.54, 1.807) is 0 Å². The molecule has 0 atom stereocenters. The largest absolute Gasteiger partial charge is 0.432 e. The number of halogens is 5. The molecule has 13 heavy (non-hydrogen) atoms. The van der Waals surface area contributed by atoms with Gasteiger partial charge >= 0.3 is 6.61 Å². The quantitative estimate of drug-likeness (QED) is 0.734. The first-order valence-corrected chi connectivity index (χ1v) is 4.93. The highest BCUT2D eigenvalue weighted by Crippen LogP contribution is 2.35. The molecule has 0 unspecified atom stereocenters. The van der Waals surface area contributed by atoms with Gasteiger partial charge in [-0.25, -0.2) is 0 Å². The van der Waals surface area contributed by atoms with Gasteiger partial charge in [-0.3, -0.25) is 0 Å². The van der Waals surface area contributed by atoms with Crippen molar-refractivity contribution in [3.8, 4) is 5.75 Å². The summed E-state index contributed by atoms with van der Waals surface area (Å²) >= 11 is 13.2. The Bertz CT molecular complexity index is 296. The van der Waals surface area contributed by atoms with Gasteiger partial charge in [0.05, 0.1) is 10.0 Å². The monoisotopic (exact) mass is 338 g/mol. The lowest BCUT2D eigenvalue weighted by atomic mass is 10.3. The minimum atomic E-state index is -2.92. The first kappa shape index (κ1) is 11.3. The molecule has 0 amide bonds. The van der Waals surface area contributed by atoms with E-state index >= 15 is 0 Å². The summed E-state index contributed by atoms with van der Waals surface area (Å²) in [5.74, 6) is -0.182. The van der Waals surface area contributed by atoms with Crippen LogP contribution in [0.15, 0.2) is 12.1 Å². The normalized spacial score (nSPS) is 10.6. The third-order valence-corrected chi connectivity index (χ3v) is 2.35. The number of ether oxygens (including phenoxy) is 1. The summed E-state index contributed by atoms with van der Waals surface area (Å²) in [7, 11) is 0. The van der Waals surface area contributed by atoms with Crippen LogP contribution in [0.1, 0.15) is 0 Å². The molecule has 1 aromatic rings. The fraction of sp³-hybridized carbons (Fsp3) is 0.143. The molecular weight excluding hydrogens is 336 g/mol. The Hall–Kier alpha value is 0.190. The molecule has 0 aromatic heterocycles. The van der Waals surface area contributed by atoms with E-state index < -0.39 is 6.61 Å². The van der Waals surface area contributed by atoms with Crippen molar-refractivity contribution in [1.82, 2.24) is 0 Å². The Morgan fingerprint density at radius 2 is 1.69 bits per heavy atom. The highest BCUT2D eigenvalue weighted by molar-refractivity contribution is 14.1. The van der Waals surface area contributed by atoms with Crippen molar-refractivity contribution in [2.45, 2.75) is 6.61 Å². The maximum atomic E-state index is 11.8.